The van der Waals surface area contributed by atoms with Gasteiger partial charge in [0.2, 0.25) is 0 Å². The van der Waals surface area contributed by atoms with Gasteiger partial charge in [-0.1, -0.05) is 13.3 Å². The first-order valence-corrected chi connectivity index (χ1v) is 5.48. The van der Waals surface area contributed by atoms with Crippen LogP contribution < -0.4 is 16.0 Å². The van der Waals surface area contributed by atoms with E-state index in [2.05, 4.69) is 17.3 Å². The Balaban J connectivity index is 2.60. The number of hydrogen-bond acceptors (Lipinski definition) is 3. The van der Waals surface area contributed by atoms with Crippen molar-refractivity contribution >= 4 is 5.84 Å². The second kappa shape index (κ2) is 6.85. The van der Waals surface area contributed by atoms with Gasteiger partial charge in [-0.05, 0) is 30.7 Å². The third-order valence-corrected chi connectivity index (χ3v) is 2.25. The summed E-state index contributed by atoms with van der Waals surface area (Å²) in [6, 6.07) is 7.72. The molecule has 1 rings (SSSR count). The molecule has 0 radical (unpaired) electrons. The predicted octanol–water partition coefficient (Wildman–Crippen LogP) is 1.71. The number of aliphatic imine (C=N–C) groups is 1. The van der Waals surface area contributed by atoms with E-state index in [1.54, 1.807) is 7.05 Å². The average molecular weight is 221 g/mol. The van der Waals surface area contributed by atoms with E-state index >= 15 is 0 Å². The highest BCUT2D eigenvalue weighted by Gasteiger charge is 2.00. The van der Waals surface area contributed by atoms with Crippen molar-refractivity contribution in [2.45, 2.75) is 19.8 Å². The van der Waals surface area contributed by atoms with Gasteiger partial charge in [0, 0.05) is 12.6 Å². The van der Waals surface area contributed by atoms with E-state index in [9.17, 15) is 0 Å². The quantitative estimate of drug-likeness (QED) is 0.261. The number of rotatable bonds is 5. The summed E-state index contributed by atoms with van der Waals surface area (Å²) < 4.78 is 5.56. The molecule has 0 aromatic heterocycles. The van der Waals surface area contributed by atoms with Gasteiger partial charge in [0.15, 0.2) is 0 Å². The summed E-state index contributed by atoms with van der Waals surface area (Å²) in [4.78, 5) is 4.02. The molecule has 0 heterocycles. The van der Waals surface area contributed by atoms with Gasteiger partial charge < -0.3 is 10.2 Å². The van der Waals surface area contributed by atoms with E-state index in [4.69, 9.17) is 10.6 Å². The SMILES string of the molecule is CCCCOc1ccc(C(=NC)NN)cc1. The zero-order chi connectivity index (χ0) is 11.8. The van der Waals surface area contributed by atoms with E-state index in [-0.39, 0.29) is 0 Å². The number of nitrogens with two attached hydrogens (primary N) is 1. The largest absolute Gasteiger partial charge is 0.494 e. The molecule has 16 heavy (non-hydrogen) atoms. The second-order valence-corrected chi connectivity index (χ2v) is 3.44. The molecule has 1 aromatic rings. The highest BCUT2D eigenvalue weighted by molar-refractivity contribution is 5.98. The van der Waals surface area contributed by atoms with Crippen LogP contribution >= 0.6 is 0 Å². The van der Waals surface area contributed by atoms with Crippen LogP contribution in [0.2, 0.25) is 0 Å². The van der Waals surface area contributed by atoms with Crippen molar-refractivity contribution in [3.8, 4) is 5.75 Å². The van der Waals surface area contributed by atoms with Crippen molar-refractivity contribution in [2.75, 3.05) is 13.7 Å². The normalized spacial score (nSPS) is 11.3. The summed E-state index contributed by atoms with van der Waals surface area (Å²) in [6.07, 6.45) is 2.22. The molecule has 0 saturated heterocycles. The number of ether oxygens (including phenoxy) is 1. The Morgan fingerprint density at radius 1 is 1.38 bits per heavy atom. The standard InChI is InChI=1S/C12H19N3O/c1-3-4-9-16-11-7-5-10(6-8-11)12(14-2)15-13/h5-8H,3-4,9,13H2,1-2H3,(H,14,15). The van der Waals surface area contributed by atoms with E-state index < -0.39 is 0 Å². The van der Waals surface area contributed by atoms with Crippen LogP contribution in [0, 0.1) is 0 Å². The Labute approximate surface area is 96.5 Å². The molecular weight excluding hydrogens is 202 g/mol. The average Bonchev–Trinajstić information content (AvgIpc) is 2.33. The zero-order valence-corrected chi connectivity index (χ0v) is 9.86. The molecule has 0 aliphatic heterocycles. The molecule has 0 spiro atoms. The van der Waals surface area contributed by atoms with Gasteiger partial charge in [-0.25, -0.2) is 5.84 Å². The predicted molar refractivity (Wildman–Crippen MR) is 66.6 cm³/mol. The minimum absolute atomic E-state index is 0.667. The van der Waals surface area contributed by atoms with Gasteiger partial charge >= 0.3 is 0 Å². The summed E-state index contributed by atoms with van der Waals surface area (Å²) in [5.74, 6) is 6.89. The number of hydrogen-bond donors (Lipinski definition) is 2. The summed E-state index contributed by atoms with van der Waals surface area (Å²) in [6.45, 7) is 2.91. The third-order valence-electron chi connectivity index (χ3n) is 2.25. The van der Waals surface area contributed by atoms with Crippen LogP contribution in [0.1, 0.15) is 25.3 Å². The number of unbranched alkanes of at least 4 members (excludes halogenated alkanes) is 1. The first kappa shape index (κ1) is 12.5. The Kier molecular flexibility index (Phi) is 5.36. The zero-order valence-electron chi connectivity index (χ0n) is 9.86. The van der Waals surface area contributed by atoms with Crippen LogP contribution in [0.25, 0.3) is 0 Å². The van der Waals surface area contributed by atoms with Gasteiger partial charge in [-0.2, -0.15) is 0 Å². The Bertz CT molecular complexity index is 333. The molecule has 0 atom stereocenters. The van der Waals surface area contributed by atoms with Crippen molar-refractivity contribution in [1.29, 1.82) is 0 Å². The Hall–Kier alpha value is -1.55. The lowest BCUT2D eigenvalue weighted by molar-refractivity contribution is 0.309. The maximum Gasteiger partial charge on any atom is 0.142 e. The van der Waals surface area contributed by atoms with Crippen molar-refractivity contribution in [2.24, 2.45) is 10.8 Å². The molecule has 0 unspecified atom stereocenters. The molecule has 0 amide bonds. The molecular formula is C12H19N3O. The van der Waals surface area contributed by atoms with Crippen molar-refractivity contribution in [3.63, 3.8) is 0 Å². The van der Waals surface area contributed by atoms with Crippen LogP contribution in [0.5, 0.6) is 5.75 Å². The van der Waals surface area contributed by atoms with Gasteiger partial charge in [0.1, 0.15) is 11.6 Å². The maximum absolute atomic E-state index is 5.56. The third kappa shape index (κ3) is 3.55. The van der Waals surface area contributed by atoms with Gasteiger partial charge in [0.25, 0.3) is 0 Å². The summed E-state index contributed by atoms with van der Waals surface area (Å²) in [7, 11) is 1.70. The van der Waals surface area contributed by atoms with E-state index in [0.29, 0.717) is 5.84 Å². The topological polar surface area (TPSA) is 59.6 Å². The molecule has 0 bridgehead atoms. The minimum atomic E-state index is 0.667. The Morgan fingerprint density at radius 2 is 2.06 bits per heavy atom. The van der Waals surface area contributed by atoms with Crippen LogP contribution in [-0.2, 0) is 0 Å². The molecule has 4 heteroatoms. The summed E-state index contributed by atoms with van der Waals surface area (Å²) >= 11 is 0. The lowest BCUT2D eigenvalue weighted by Gasteiger charge is -2.07. The molecule has 88 valence electrons. The fourth-order valence-electron chi connectivity index (χ4n) is 1.32. The van der Waals surface area contributed by atoms with Gasteiger partial charge in [0.05, 0.1) is 6.61 Å². The van der Waals surface area contributed by atoms with Crippen molar-refractivity contribution in [1.82, 2.24) is 5.43 Å². The molecule has 1 aromatic carbocycles. The fourth-order valence-corrected chi connectivity index (χ4v) is 1.32. The van der Waals surface area contributed by atoms with E-state index in [1.807, 2.05) is 24.3 Å². The number of amidine groups is 1. The van der Waals surface area contributed by atoms with Crippen LogP contribution in [0.3, 0.4) is 0 Å². The molecule has 3 N–H and O–H groups in total. The van der Waals surface area contributed by atoms with Gasteiger partial charge in [-0.15, -0.1) is 0 Å². The number of hydrazine groups is 1. The van der Waals surface area contributed by atoms with Crippen molar-refractivity contribution < 1.29 is 4.74 Å². The first-order chi connectivity index (χ1) is 7.81. The molecule has 0 fully saturated rings. The maximum atomic E-state index is 5.56. The highest BCUT2D eigenvalue weighted by atomic mass is 16.5. The van der Waals surface area contributed by atoms with Crippen LogP contribution in [0.15, 0.2) is 29.3 Å². The summed E-state index contributed by atoms with van der Waals surface area (Å²) in [5.41, 5.74) is 3.50. The monoisotopic (exact) mass is 221 g/mol. The number of benzene rings is 1. The fraction of sp³-hybridized carbons (Fsp3) is 0.417. The van der Waals surface area contributed by atoms with E-state index in [0.717, 1.165) is 30.8 Å². The number of nitrogens with one attached hydrogen (secondary N) is 1. The molecule has 4 nitrogen and oxygen atoms in total. The molecule has 0 saturated carbocycles. The minimum Gasteiger partial charge on any atom is -0.494 e. The first-order valence-electron chi connectivity index (χ1n) is 5.48. The van der Waals surface area contributed by atoms with Crippen LogP contribution in [-0.4, -0.2) is 19.5 Å². The lowest BCUT2D eigenvalue weighted by atomic mass is 10.2. The molecule has 0 aliphatic rings. The lowest BCUT2D eigenvalue weighted by Crippen LogP contribution is -2.30. The molecule has 0 aliphatic carbocycles. The van der Waals surface area contributed by atoms with Crippen LogP contribution in [0.4, 0.5) is 0 Å². The Morgan fingerprint density at radius 3 is 2.56 bits per heavy atom. The van der Waals surface area contributed by atoms with Gasteiger partial charge in [-0.3, -0.25) is 4.99 Å². The second-order valence-electron chi connectivity index (χ2n) is 3.44. The van der Waals surface area contributed by atoms with Crippen molar-refractivity contribution in [3.05, 3.63) is 29.8 Å². The van der Waals surface area contributed by atoms with E-state index in [1.165, 1.54) is 0 Å². The number of nitrogens with zero attached hydrogens (tertiary/aromatic N) is 1. The summed E-state index contributed by atoms with van der Waals surface area (Å²) in [5, 5.41) is 0. The smallest absolute Gasteiger partial charge is 0.142 e. The highest BCUT2D eigenvalue weighted by Crippen LogP contribution is 2.12.